The molecule has 0 bridgehead atoms. The minimum Gasteiger partial charge on any atom is -0.392 e. The predicted octanol–water partition coefficient (Wildman–Crippen LogP) is 3.04. The number of rotatable bonds is 6. The van der Waals surface area contributed by atoms with Crippen LogP contribution in [0, 0.1) is 0 Å². The van der Waals surface area contributed by atoms with Gasteiger partial charge in [0.05, 0.1) is 31.2 Å². The fourth-order valence-corrected chi connectivity index (χ4v) is 4.78. The van der Waals surface area contributed by atoms with Gasteiger partial charge in [-0.1, -0.05) is 6.07 Å². The van der Waals surface area contributed by atoms with Gasteiger partial charge in [-0.3, -0.25) is 4.90 Å². The van der Waals surface area contributed by atoms with E-state index in [1.54, 1.807) is 29.6 Å². The number of morpholine rings is 1. The van der Waals surface area contributed by atoms with E-state index in [4.69, 9.17) is 14.7 Å². The van der Waals surface area contributed by atoms with E-state index >= 15 is 0 Å². The lowest BCUT2D eigenvalue weighted by Crippen LogP contribution is -2.36. The zero-order valence-electron chi connectivity index (χ0n) is 14.6. The Hall–Kier alpha value is -1.58. The third-order valence-corrected chi connectivity index (χ3v) is 6.08. The van der Waals surface area contributed by atoms with Crippen molar-refractivity contribution < 1.29 is 9.84 Å². The molecule has 1 saturated heterocycles. The van der Waals surface area contributed by atoms with Crippen LogP contribution in [0.25, 0.3) is 20.7 Å². The molecular formula is C18H22N4O2S2. The minimum atomic E-state index is -0.438. The Morgan fingerprint density at radius 3 is 2.88 bits per heavy atom. The molecule has 8 heteroatoms. The lowest BCUT2D eigenvalue weighted by atomic mass is 10.2. The van der Waals surface area contributed by atoms with Crippen LogP contribution in [0.4, 0.5) is 5.82 Å². The number of aromatic nitrogens is 2. The maximum Gasteiger partial charge on any atom is 0.146 e. The van der Waals surface area contributed by atoms with E-state index in [9.17, 15) is 5.11 Å². The second-order valence-corrected chi connectivity index (χ2v) is 8.22. The van der Waals surface area contributed by atoms with Crippen LogP contribution in [-0.2, 0) is 11.3 Å². The molecule has 0 radical (unpaired) electrons. The average molecular weight is 391 g/mol. The molecule has 3 aromatic rings. The van der Waals surface area contributed by atoms with Crippen molar-refractivity contribution in [1.29, 1.82) is 0 Å². The molecule has 0 unspecified atom stereocenters. The summed E-state index contributed by atoms with van der Waals surface area (Å²) in [6.07, 6.45) is -0.438. The molecule has 1 fully saturated rings. The molecule has 138 valence electrons. The van der Waals surface area contributed by atoms with Gasteiger partial charge in [-0.15, -0.1) is 22.7 Å². The fraction of sp³-hybridized carbons (Fsp3) is 0.444. The van der Waals surface area contributed by atoms with Crippen molar-refractivity contribution in [2.75, 3.05) is 38.2 Å². The first kappa shape index (κ1) is 17.8. The van der Waals surface area contributed by atoms with Crippen molar-refractivity contribution in [3.8, 4) is 10.4 Å². The van der Waals surface area contributed by atoms with Gasteiger partial charge in [0.1, 0.15) is 16.5 Å². The molecule has 4 rings (SSSR count). The summed E-state index contributed by atoms with van der Waals surface area (Å²) in [5, 5.41) is 18.3. The highest BCUT2D eigenvalue weighted by Crippen LogP contribution is 2.38. The smallest absolute Gasteiger partial charge is 0.146 e. The molecule has 0 amide bonds. The maximum absolute atomic E-state index is 9.70. The van der Waals surface area contributed by atoms with Gasteiger partial charge in [-0.25, -0.2) is 9.97 Å². The van der Waals surface area contributed by atoms with Gasteiger partial charge in [-0.2, -0.15) is 0 Å². The number of hydrogen-bond acceptors (Lipinski definition) is 8. The SMILES string of the molecule is C[C@@H](O)CNc1nc(CN2CCOCC2)nc2scc(-c3cccs3)c12. The van der Waals surface area contributed by atoms with E-state index in [1.165, 1.54) is 4.88 Å². The molecule has 0 aromatic carbocycles. The minimum absolute atomic E-state index is 0.438. The van der Waals surface area contributed by atoms with E-state index < -0.39 is 6.10 Å². The highest BCUT2D eigenvalue weighted by molar-refractivity contribution is 7.18. The van der Waals surface area contributed by atoms with E-state index in [-0.39, 0.29) is 0 Å². The van der Waals surface area contributed by atoms with Crippen LogP contribution in [0.5, 0.6) is 0 Å². The molecule has 6 nitrogen and oxygen atoms in total. The molecule has 0 spiro atoms. The molecule has 2 N–H and O–H groups in total. The number of thiophene rings is 2. The molecule has 3 aromatic heterocycles. The molecule has 0 saturated carbocycles. The molecule has 26 heavy (non-hydrogen) atoms. The van der Waals surface area contributed by atoms with Crippen LogP contribution in [-0.4, -0.2) is 58.9 Å². The molecule has 4 heterocycles. The zero-order chi connectivity index (χ0) is 17.9. The molecule has 1 aliphatic heterocycles. The summed E-state index contributed by atoms with van der Waals surface area (Å²) in [7, 11) is 0. The van der Waals surface area contributed by atoms with Crippen LogP contribution in [0.3, 0.4) is 0 Å². The van der Waals surface area contributed by atoms with Crippen LogP contribution >= 0.6 is 22.7 Å². The highest BCUT2D eigenvalue weighted by Gasteiger charge is 2.18. The first-order chi connectivity index (χ1) is 12.7. The van der Waals surface area contributed by atoms with E-state index in [2.05, 4.69) is 33.1 Å². The van der Waals surface area contributed by atoms with Crippen molar-refractivity contribution in [2.45, 2.75) is 19.6 Å². The lowest BCUT2D eigenvalue weighted by molar-refractivity contribution is 0.0331. The Balaban J connectivity index is 1.71. The molecular weight excluding hydrogens is 368 g/mol. The average Bonchev–Trinajstić information content (AvgIpc) is 3.29. The van der Waals surface area contributed by atoms with Crippen molar-refractivity contribution in [2.24, 2.45) is 0 Å². The summed E-state index contributed by atoms with van der Waals surface area (Å²) >= 11 is 3.36. The number of nitrogens with one attached hydrogen (secondary N) is 1. The van der Waals surface area contributed by atoms with Crippen molar-refractivity contribution in [1.82, 2.24) is 14.9 Å². The van der Waals surface area contributed by atoms with Gasteiger partial charge < -0.3 is 15.2 Å². The molecule has 1 aliphatic rings. The number of hydrogen-bond donors (Lipinski definition) is 2. The Morgan fingerprint density at radius 2 is 2.15 bits per heavy atom. The summed E-state index contributed by atoms with van der Waals surface area (Å²) in [4.78, 5) is 14.1. The van der Waals surface area contributed by atoms with E-state index in [1.807, 2.05) is 0 Å². The van der Waals surface area contributed by atoms with Crippen LogP contribution < -0.4 is 5.32 Å². The number of anilines is 1. The fourth-order valence-electron chi connectivity index (χ4n) is 3.00. The predicted molar refractivity (Wildman–Crippen MR) is 107 cm³/mol. The number of nitrogens with zero attached hydrogens (tertiary/aromatic N) is 3. The van der Waals surface area contributed by atoms with E-state index in [0.29, 0.717) is 6.54 Å². The lowest BCUT2D eigenvalue weighted by Gasteiger charge is -2.25. The van der Waals surface area contributed by atoms with Gasteiger partial charge in [-0.05, 0) is 18.4 Å². The summed E-state index contributed by atoms with van der Waals surface area (Å²) in [6, 6.07) is 4.17. The Bertz CT molecular complexity index is 858. The largest absolute Gasteiger partial charge is 0.392 e. The van der Waals surface area contributed by atoms with Crippen molar-refractivity contribution >= 4 is 38.7 Å². The van der Waals surface area contributed by atoms with Crippen molar-refractivity contribution in [3.63, 3.8) is 0 Å². The third-order valence-electron chi connectivity index (χ3n) is 4.30. The molecule has 0 aliphatic carbocycles. The topological polar surface area (TPSA) is 70.5 Å². The Morgan fingerprint density at radius 1 is 1.31 bits per heavy atom. The van der Waals surface area contributed by atoms with Gasteiger partial charge in [0.2, 0.25) is 0 Å². The van der Waals surface area contributed by atoms with Gasteiger partial charge in [0, 0.05) is 35.5 Å². The van der Waals surface area contributed by atoms with Gasteiger partial charge >= 0.3 is 0 Å². The third kappa shape index (κ3) is 3.89. The molecule has 1 atom stereocenters. The highest BCUT2D eigenvalue weighted by atomic mass is 32.1. The summed E-state index contributed by atoms with van der Waals surface area (Å²) in [5.41, 5.74) is 1.16. The monoisotopic (exact) mass is 390 g/mol. The van der Waals surface area contributed by atoms with Gasteiger partial charge in [0.25, 0.3) is 0 Å². The second-order valence-electron chi connectivity index (χ2n) is 6.41. The summed E-state index contributed by atoms with van der Waals surface area (Å²) in [6.45, 7) is 6.28. The summed E-state index contributed by atoms with van der Waals surface area (Å²) in [5.74, 6) is 1.62. The first-order valence-electron chi connectivity index (χ1n) is 8.75. The van der Waals surface area contributed by atoms with Gasteiger partial charge in [0.15, 0.2) is 0 Å². The zero-order valence-corrected chi connectivity index (χ0v) is 16.3. The number of ether oxygens (including phenoxy) is 1. The van der Waals surface area contributed by atoms with Crippen LogP contribution in [0.1, 0.15) is 12.7 Å². The van der Waals surface area contributed by atoms with Crippen LogP contribution in [0.2, 0.25) is 0 Å². The standard InChI is InChI=1S/C18H22N4O2S2/c1-12(23)9-19-17-16-13(14-3-2-8-25-14)11-26-18(16)21-15(20-17)10-22-4-6-24-7-5-22/h2-3,8,11-12,23H,4-7,9-10H2,1H3,(H,19,20,21)/t12-/m1/s1. The number of fused-ring (bicyclic) bond motifs is 1. The number of aliphatic hydroxyl groups excluding tert-OH is 1. The first-order valence-corrected chi connectivity index (χ1v) is 10.5. The van der Waals surface area contributed by atoms with E-state index in [0.717, 1.165) is 60.3 Å². The maximum atomic E-state index is 9.70. The normalized spacial score (nSPS) is 16.8. The Labute approximate surface area is 160 Å². The second kappa shape index (κ2) is 7.98. The van der Waals surface area contributed by atoms with Crippen LogP contribution in [0.15, 0.2) is 22.9 Å². The summed E-state index contributed by atoms with van der Waals surface area (Å²) < 4.78 is 5.42. The van der Waals surface area contributed by atoms with Crippen molar-refractivity contribution in [3.05, 3.63) is 28.7 Å². The number of aliphatic hydroxyl groups is 1. The quantitative estimate of drug-likeness (QED) is 0.674. The Kier molecular flexibility index (Phi) is 5.46.